The van der Waals surface area contributed by atoms with E-state index in [-0.39, 0.29) is 26.5 Å². The summed E-state index contributed by atoms with van der Waals surface area (Å²) in [5.74, 6) is 2.11. The summed E-state index contributed by atoms with van der Waals surface area (Å²) in [7, 11) is 0. The van der Waals surface area contributed by atoms with Crippen molar-refractivity contribution in [3.05, 3.63) is 132 Å². The molecule has 0 N–H and O–H groups in total. The minimum Gasteiger partial charge on any atom is -0.509 e. The van der Waals surface area contributed by atoms with E-state index in [0.717, 1.165) is 58.6 Å². The van der Waals surface area contributed by atoms with E-state index in [1.807, 2.05) is 35.1 Å². The molecule has 0 aliphatic carbocycles. The van der Waals surface area contributed by atoms with Crippen molar-refractivity contribution in [2.45, 2.75) is 79.1 Å². The van der Waals surface area contributed by atoms with E-state index in [1.165, 1.54) is 40.5 Å². The van der Waals surface area contributed by atoms with E-state index in [0.29, 0.717) is 11.5 Å². The zero-order valence-corrected chi connectivity index (χ0v) is 32.1. The molecule has 4 aromatic carbocycles. The number of hydrogen-bond acceptors (Lipinski definition) is 3. The Kier molecular flexibility index (Phi) is 10.5. The number of aryl methyl sites for hydroxylation is 2. The molecule has 0 unspecified atom stereocenters. The van der Waals surface area contributed by atoms with Crippen molar-refractivity contribution in [1.29, 1.82) is 0 Å². The van der Waals surface area contributed by atoms with Crippen molar-refractivity contribution in [3.8, 4) is 34.1 Å². The van der Waals surface area contributed by atoms with Crippen molar-refractivity contribution in [3.63, 3.8) is 0 Å². The van der Waals surface area contributed by atoms with Crippen LogP contribution in [0, 0.1) is 12.1 Å². The van der Waals surface area contributed by atoms with Gasteiger partial charge >= 0.3 is 21.1 Å². The van der Waals surface area contributed by atoms with Gasteiger partial charge in [0.05, 0.1) is 5.69 Å². The molecule has 0 saturated carbocycles. The van der Waals surface area contributed by atoms with E-state index < -0.39 is 0 Å². The fraction of sp³-hybridized carbons (Fsp3) is 0.273. The first-order valence-electron chi connectivity index (χ1n) is 17.6. The summed E-state index contributed by atoms with van der Waals surface area (Å²) in [6.07, 6.45) is 7.01. The number of hydrogen-bond donors (Lipinski definition) is 0. The second-order valence-corrected chi connectivity index (χ2v) is 13.8. The third-order valence-corrected chi connectivity index (χ3v) is 9.36. The molecule has 0 spiro atoms. The van der Waals surface area contributed by atoms with E-state index in [9.17, 15) is 0 Å². The monoisotopic (exact) mass is 839 g/mol. The van der Waals surface area contributed by atoms with Gasteiger partial charge in [-0.15, -0.1) is 35.7 Å². The molecule has 0 atom stereocenters. The molecule has 7 aromatic rings. The van der Waals surface area contributed by atoms with Crippen molar-refractivity contribution >= 4 is 21.8 Å². The number of unbranched alkanes of at least 4 members (excludes halogenated alkanes) is 1. The Bertz CT molecular complexity index is 2260. The van der Waals surface area contributed by atoms with Gasteiger partial charge in [-0.3, -0.25) is 4.68 Å². The van der Waals surface area contributed by atoms with Crippen LogP contribution in [0.1, 0.15) is 76.9 Å². The molecule has 0 aliphatic rings. The Balaban J connectivity index is 0.00000432. The summed E-state index contributed by atoms with van der Waals surface area (Å²) in [5.41, 5.74) is 10.1. The van der Waals surface area contributed by atoms with Crippen LogP contribution in [0.15, 0.2) is 97.2 Å². The topological polar surface area (TPSA) is 44.9 Å². The molecule has 5 nitrogen and oxygen atoms in total. The van der Waals surface area contributed by atoms with Crippen LogP contribution in [-0.2, 0) is 45.7 Å². The molecule has 7 rings (SSSR count). The number of rotatable bonds is 10. The Labute approximate surface area is 310 Å². The molecule has 0 saturated heterocycles. The summed E-state index contributed by atoms with van der Waals surface area (Å²) < 4.78 is 10.8. The molecule has 3 aromatic heterocycles. The number of nitrogens with zero attached hydrogens (tertiary/aromatic N) is 4. The van der Waals surface area contributed by atoms with Gasteiger partial charge in [0, 0.05) is 34.5 Å². The van der Waals surface area contributed by atoms with Gasteiger partial charge in [-0.2, -0.15) is 17.2 Å². The Morgan fingerprint density at radius 2 is 1.58 bits per heavy atom. The van der Waals surface area contributed by atoms with Crippen molar-refractivity contribution in [2.24, 2.45) is 0 Å². The molecule has 0 bridgehead atoms. The van der Waals surface area contributed by atoms with Gasteiger partial charge in [-0.1, -0.05) is 95.9 Å². The van der Waals surface area contributed by atoms with Crippen molar-refractivity contribution in [2.75, 3.05) is 0 Å². The van der Waals surface area contributed by atoms with Crippen LogP contribution in [0.4, 0.5) is 0 Å². The zero-order valence-electron chi connectivity index (χ0n) is 29.8. The van der Waals surface area contributed by atoms with E-state index in [2.05, 4.69) is 125 Å². The third kappa shape index (κ3) is 6.81. The van der Waals surface area contributed by atoms with Crippen molar-refractivity contribution < 1.29 is 25.8 Å². The molecule has 50 heavy (non-hydrogen) atoms. The molecular weight excluding hydrogens is 796 g/mol. The van der Waals surface area contributed by atoms with Gasteiger partial charge in [-0.05, 0) is 77.1 Å². The van der Waals surface area contributed by atoms with Crippen LogP contribution in [0.2, 0.25) is 0 Å². The first-order chi connectivity index (χ1) is 23.8. The Morgan fingerprint density at radius 3 is 2.32 bits per heavy atom. The predicted octanol–water partition coefficient (Wildman–Crippen LogP) is 11.2. The molecule has 3 heterocycles. The standard InChI is InChI=1S/C44H44N4O.Pt/c1-7-10-15-30-20-23-40-37(26-30)36-22-21-35(29-41(36)47(40)42-27-32(24-25-45-42)44(4,5)6)49-34-19-14-18-33(28-34)48-39(9-3)43(38(8-2)46-48)31-16-12-11-13-17-31;/h11-14,16-27H,7-10,15H2,1-6H3;/q-2;+2. The minimum atomic E-state index is -0.00538. The molecule has 256 valence electrons. The van der Waals surface area contributed by atoms with Gasteiger partial charge in [-0.25, -0.2) is 4.98 Å². The second kappa shape index (κ2) is 14.8. The maximum absolute atomic E-state index is 6.53. The normalized spacial score (nSPS) is 11.6. The van der Waals surface area contributed by atoms with Crippen LogP contribution >= 0.6 is 0 Å². The van der Waals surface area contributed by atoms with Crippen LogP contribution in [0.25, 0.3) is 44.4 Å². The largest absolute Gasteiger partial charge is 2.00 e. The predicted molar refractivity (Wildman–Crippen MR) is 201 cm³/mol. The number of fused-ring (bicyclic) bond motifs is 3. The molecule has 0 amide bonds. The number of ether oxygens (including phenoxy) is 1. The fourth-order valence-electron chi connectivity index (χ4n) is 6.77. The smallest absolute Gasteiger partial charge is 0.509 e. The van der Waals surface area contributed by atoms with Crippen LogP contribution in [0.3, 0.4) is 0 Å². The van der Waals surface area contributed by atoms with Gasteiger partial charge in [0.1, 0.15) is 5.82 Å². The van der Waals surface area contributed by atoms with Crippen LogP contribution in [0.5, 0.6) is 11.5 Å². The van der Waals surface area contributed by atoms with E-state index in [1.54, 1.807) is 0 Å². The zero-order chi connectivity index (χ0) is 34.1. The summed E-state index contributed by atoms with van der Waals surface area (Å²) in [5, 5.41) is 7.40. The molecule has 6 heteroatoms. The Hall–Kier alpha value is -4.47. The number of benzene rings is 4. The molecule has 0 aliphatic heterocycles. The number of pyridine rings is 1. The SMILES string of the molecule is CCCCc1ccc2c(c1)c1ccc(Oc3[c-]c(-n4nc(CC)c(-c5ccccc5)c4CC)ccc3)[c-]c1n2-c1cc(C(C)(C)C)ccn1.[Pt+2]. The number of aromatic nitrogens is 4. The van der Waals surface area contributed by atoms with Crippen LogP contribution < -0.4 is 4.74 Å². The fourth-order valence-corrected chi connectivity index (χ4v) is 6.77. The van der Waals surface area contributed by atoms with E-state index >= 15 is 0 Å². The summed E-state index contributed by atoms with van der Waals surface area (Å²) in [6, 6.07) is 39.0. The maximum atomic E-state index is 6.53. The molecule has 0 fully saturated rings. The van der Waals surface area contributed by atoms with Crippen molar-refractivity contribution in [1.82, 2.24) is 19.3 Å². The van der Waals surface area contributed by atoms with E-state index in [4.69, 9.17) is 14.8 Å². The summed E-state index contributed by atoms with van der Waals surface area (Å²) >= 11 is 0. The average molecular weight is 840 g/mol. The van der Waals surface area contributed by atoms with Gasteiger partial charge in [0.2, 0.25) is 0 Å². The molecular formula is C44H44N4OPt. The summed E-state index contributed by atoms with van der Waals surface area (Å²) in [6.45, 7) is 13.3. The maximum Gasteiger partial charge on any atom is 2.00 e. The second-order valence-electron chi connectivity index (χ2n) is 13.8. The summed E-state index contributed by atoms with van der Waals surface area (Å²) in [4.78, 5) is 4.87. The first kappa shape index (κ1) is 35.4. The van der Waals surface area contributed by atoms with Crippen LogP contribution in [-0.4, -0.2) is 19.3 Å². The third-order valence-electron chi connectivity index (χ3n) is 9.36. The van der Waals surface area contributed by atoms with Gasteiger partial charge < -0.3 is 9.30 Å². The average Bonchev–Trinajstić information content (AvgIpc) is 3.66. The molecule has 0 radical (unpaired) electrons. The van der Waals surface area contributed by atoms with Gasteiger partial charge in [0.25, 0.3) is 0 Å². The van der Waals surface area contributed by atoms with Gasteiger partial charge in [0.15, 0.2) is 0 Å². The minimum absolute atomic E-state index is 0. The Morgan fingerprint density at radius 1 is 0.780 bits per heavy atom. The first-order valence-corrected chi connectivity index (χ1v) is 17.6. The quantitative estimate of drug-likeness (QED) is 0.129.